The van der Waals surface area contributed by atoms with Crippen LogP contribution in [0.4, 0.5) is 18.9 Å². The summed E-state index contributed by atoms with van der Waals surface area (Å²) < 4.78 is 41.3. The molecule has 5 nitrogen and oxygen atoms in total. The molecule has 1 aliphatic rings. The molecule has 1 heterocycles. The first-order valence-corrected chi connectivity index (χ1v) is 5.36. The summed E-state index contributed by atoms with van der Waals surface area (Å²) in [5.74, 6) is -3.15. The Bertz CT molecular complexity index is 607. The van der Waals surface area contributed by atoms with E-state index < -0.39 is 23.6 Å². The van der Waals surface area contributed by atoms with Gasteiger partial charge in [-0.15, -0.1) is 0 Å². The highest BCUT2D eigenvalue weighted by atomic mass is 19.4. The van der Waals surface area contributed by atoms with Gasteiger partial charge in [0.05, 0.1) is 5.69 Å². The van der Waals surface area contributed by atoms with Crippen molar-refractivity contribution in [3.63, 3.8) is 0 Å². The van der Waals surface area contributed by atoms with Crippen molar-refractivity contribution in [3.05, 3.63) is 35.6 Å². The Kier molecular flexibility index (Phi) is 3.39. The summed E-state index contributed by atoms with van der Waals surface area (Å²) >= 11 is 0. The van der Waals surface area contributed by atoms with Crippen LogP contribution < -0.4 is 10.1 Å². The summed E-state index contributed by atoms with van der Waals surface area (Å²) in [6.07, 6.45) is -4.91. The van der Waals surface area contributed by atoms with E-state index in [-0.39, 0.29) is 23.9 Å². The lowest BCUT2D eigenvalue weighted by Crippen LogP contribution is -2.25. The summed E-state index contributed by atoms with van der Waals surface area (Å²) in [7, 11) is 0. The summed E-state index contributed by atoms with van der Waals surface area (Å²) in [4.78, 5) is 22.7. The zero-order chi connectivity index (χ0) is 14.9. The molecule has 2 N–H and O–H groups in total. The standard InChI is InChI=1S/C12H8F3NO4/c13-12(14,15)10(18)4-8(17)6-1-2-9-7(3-6)16-11(19)5-20-9/h1-4,18H,5H2,(H,16,19)/b10-4-. The molecule has 1 aliphatic heterocycles. The van der Waals surface area contributed by atoms with E-state index >= 15 is 0 Å². The fourth-order valence-electron chi connectivity index (χ4n) is 1.53. The lowest BCUT2D eigenvalue weighted by Gasteiger charge is -2.18. The van der Waals surface area contributed by atoms with Crippen molar-refractivity contribution in [3.8, 4) is 5.75 Å². The zero-order valence-corrected chi connectivity index (χ0v) is 9.82. The Labute approximate surface area is 110 Å². The van der Waals surface area contributed by atoms with Gasteiger partial charge in [-0.1, -0.05) is 0 Å². The lowest BCUT2D eigenvalue weighted by atomic mass is 10.1. The third kappa shape index (κ3) is 2.90. The van der Waals surface area contributed by atoms with Gasteiger partial charge in [0.2, 0.25) is 5.76 Å². The largest absolute Gasteiger partial charge is 0.504 e. The second-order valence-electron chi connectivity index (χ2n) is 3.94. The molecule has 1 aromatic rings. The molecule has 0 saturated heterocycles. The van der Waals surface area contributed by atoms with Crippen LogP contribution >= 0.6 is 0 Å². The van der Waals surface area contributed by atoms with E-state index in [9.17, 15) is 22.8 Å². The van der Waals surface area contributed by atoms with Gasteiger partial charge in [0.25, 0.3) is 5.91 Å². The molecule has 0 fully saturated rings. The number of ketones is 1. The monoisotopic (exact) mass is 287 g/mol. The molecule has 0 atom stereocenters. The van der Waals surface area contributed by atoms with Crippen LogP contribution in [-0.2, 0) is 4.79 Å². The van der Waals surface area contributed by atoms with E-state index in [0.29, 0.717) is 5.75 Å². The molecule has 106 valence electrons. The van der Waals surface area contributed by atoms with Gasteiger partial charge in [0, 0.05) is 11.6 Å². The van der Waals surface area contributed by atoms with Crippen molar-refractivity contribution in [2.45, 2.75) is 6.18 Å². The van der Waals surface area contributed by atoms with E-state index in [1.807, 2.05) is 0 Å². The maximum absolute atomic E-state index is 12.1. The van der Waals surface area contributed by atoms with Crippen molar-refractivity contribution in [1.82, 2.24) is 0 Å². The van der Waals surface area contributed by atoms with Gasteiger partial charge < -0.3 is 15.2 Å². The number of ether oxygens (including phenoxy) is 1. The molecule has 8 heteroatoms. The average Bonchev–Trinajstić information content (AvgIpc) is 2.36. The smallest absolute Gasteiger partial charge is 0.448 e. The number of hydrogen-bond acceptors (Lipinski definition) is 4. The number of carbonyl (C=O) groups is 2. The summed E-state index contributed by atoms with van der Waals surface area (Å²) in [6.45, 7) is -0.172. The fraction of sp³-hybridized carbons (Fsp3) is 0.167. The van der Waals surface area contributed by atoms with Crippen molar-refractivity contribution >= 4 is 17.4 Å². The molecule has 0 saturated carbocycles. The predicted octanol–water partition coefficient (Wildman–Crippen LogP) is 2.20. The molecular formula is C12H8F3NO4. The van der Waals surface area contributed by atoms with Crippen molar-refractivity contribution < 1.29 is 32.6 Å². The van der Waals surface area contributed by atoms with Crippen molar-refractivity contribution in [2.75, 3.05) is 11.9 Å². The first-order valence-electron chi connectivity index (χ1n) is 5.36. The summed E-state index contributed by atoms with van der Waals surface area (Å²) in [5.41, 5.74) is 0.0670. The maximum Gasteiger partial charge on any atom is 0.448 e. The van der Waals surface area contributed by atoms with Gasteiger partial charge in [-0.25, -0.2) is 0 Å². The third-order valence-electron chi connectivity index (χ3n) is 2.46. The Hall–Kier alpha value is -2.51. The van der Waals surface area contributed by atoms with Crippen LogP contribution in [0.5, 0.6) is 5.75 Å². The topological polar surface area (TPSA) is 75.6 Å². The Balaban J connectivity index is 2.28. The highest BCUT2D eigenvalue weighted by Gasteiger charge is 2.34. The molecule has 0 aliphatic carbocycles. The zero-order valence-electron chi connectivity index (χ0n) is 9.82. The minimum Gasteiger partial charge on any atom is -0.504 e. The first-order chi connectivity index (χ1) is 9.27. The quantitative estimate of drug-likeness (QED) is 0.497. The van der Waals surface area contributed by atoms with Crippen molar-refractivity contribution in [1.29, 1.82) is 0 Å². The predicted molar refractivity (Wildman–Crippen MR) is 61.7 cm³/mol. The number of nitrogens with one attached hydrogen (secondary N) is 1. The number of fused-ring (bicyclic) bond motifs is 1. The number of benzene rings is 1. The number of carbonyl (C=O) groups excluding carboxylic acids is 2. The molecule has 1 amide bonds. The van der Waals surface area contributed by atoms with Crippen LogP contribution in [0.3, 0.4) is 0 Å². The maximum atomic E-state index is 12.1. The van der Waals surface area contributed by atoms with Crippen LogP contribution in [0.25, 0.3) is 0 Å². The molecule has 0 aromatic heterocycles. The van der Waals surface area contributed by atoms with Gasteiger partial charge in [-0.3, -0.25) is 9.59 Å². The number of halogens is 3. The second kappa shape index (κ2) is 4.87. The molecular weight excluding hydrogens is 279 g/mol. The number of aliphatic hydroxyl groups is 1. The van der Waals surface area contributed by atoms with E-state index in [0.717, 1.165) is 0 Å². The number of anilines is 1. The van der Waals surface area contributed by atoms with E-state index in [1.54, 1.807) is 0 Å². The van der Waals surface area contributed by atoms with Crippen LogP contribution in [-0.4, -0.2) is 29.6 Å². The van der Waals surface area contributed by atoms with Gasteiger partial charge in [-0.2, -0.15) is 13.2 Å². The van der Waals surface area contributed by atoms with E-state index in [4.69, 9.17) is 9.84 Å². The molecule has 20 heavy (non-hydrogen) atoms. The Morgan fingerprint density at radius 3 is 2.75 bits per heavy atom. The Morgan fingerprint density at radius 2 is 2.10 bits per heavy atom. The van der Waals surface area contributed by atoms with Gasteiger partial charge in [-0.05, 0) is 18.2 Å². The second-order valence-corrected chi connectivity index (χ2v) is 3.94. The highest BCUT2D eigenvalue weighted by molar-refractivity contribution is 6.06. The number of rotatable bonds is 2. The number of amides is 1. The van der Waals surface area contributed by atoms with E-state index in [2.05, 4.69) is 5.32 Å². The molecule has 0 radical (unpaired) electrons. The molecule has 1 aromatic carbocycles. The van der Waals surface area contributed by atoms with Crippen LogP contribution in [0, 0.1) is 0 Å². The van der Waals surface area contributed by atoms with Crippen LogP contribution in [0.2, 0.25) is 0 Å². The molecule has 2 rings (SSSR count). The minimum absolute atomic E-state index is 0.0766. The third-order valence-corrected chi connectivity index (χ3v) is 2.46. The number of aliphatic hydroxyl groups excluding tert-OH is 1. The Morgan fingerprint density at radius 1 is 1.40 bits per heavy atom. The van der Waals surface area contributed by atoms with Crippen LogP contribution in [0.15, 0.2) is 30.0 Å². The molecule has 0 spiro atoms. The van der Waals surface area contributed by atoms with Gasteiger partial charge in [0.15, 0.2) is 12.4 Å². The first kappa shape index (κ1) is 13.9. The summed E-state index contributed by atoms with van der Waals surface area (Å²) in [6, 6.07) is 3.76. The average molecular weight is 287 g/mol. The minimum atomic E-state index is -4.98. The number of hydrogen-bond donors (Lipinski definition) is 2. The summed E-state index contributed by atoms with van der Waals surface area (Å²) in [5, 5.41) is 11.1. The molecule has 0 bridgehead atoms. The van der Waals surface area contributed by atoms with Crippen LogP contribution in [0.1, 0.15) is 10.4 Å². The van der Waals surface area contributed by atoms with Crippen molar-refractivity contribution in [2.24, 2.45) is 0 Å². The molecule has 0 unspecified atom stereocenters. The lowest BCUT2D eigenvalue weighted by molar-refractivity contribution is -0.120. The fourth-order valence-corrected chi connectivity index (χ4v) is 1.53. The van der Waals surface area contributed by atoms with Gasteiger partial charge in [0.1, 0.15) is 5.75 Å². The van der Waals surface area contributed by atoms with E-state index in [1.165, 1.54) is 18.2 Å². The number of allylic oxidation sites excluding steroid dienone is 2. The number of alkyl halides is 3. The SMILES string of the molecule is O=C1COc2ccc(C(=O)/C=C(\O)C(F)(F)F)cc2N1. The normalized spacial score (nSPS) is 15.2. The van der Waals surface area contributed by atoms with Gasteiger partial charge >= 0.3 is 6.18 Å². The highest BCUT2D eigenvalue weighted by Crippen LogP contribution is 2.29.